The molecule has 1 heterocycles. The first-order valence-corrected chi connectivity index (χ1v) is 8.32. The van der Waals surface area contributed by atoms with Gasteiger partial charge in [-0.25, -0.2) is 4.98 Å². The lowest BCUT2D eigenvalue weighted by Gasteiger charge is -2.01. The molecular formula is C15H21N3OS. The van der Waals surface area contributed by atoms with Gasteiger partial charge in [-0.15, -0.1) is 0 Å². The zero-order valence-corrected chi connectivity index (χ0v) is 12.6. The molecule has 108 valence electrons. The maximum atomic E-state index is 5.50. The summed E-state index contributed by atoms with van der Waals surface area (Å²) < 4.78 is 5.50. The molecule has 2 N–H and O–H groups in total. The summed E-state index contributed by atoms with van der Waals surface area (Å²) in [7, 11) is 0. The zero-order chi connectivity index (χ0) is 13.8. The lowest BCUT2D eigenvalue weighted by molar-refractivity contribution is 0.340. The smallest absolute Gasteiger partial charge is 0.166 e. The summed E-state index contributed by atoms with van der Waals surface area (Å²) in [5.41, 5.74) is 2.06. The Labute approximate surface area is 123 Å². The number of fused-ring (bicyclic) bond motifs is 1. The molecule has 5 heteroatoms. The van der Waals surface area contributed by atoms with Crippen molar-refractivity contribution in [2.75, 3.05) is 18.9 Å². The number of benzene rings is 1. The Bertz CT molecular complexity index is 565. The van der Waals surface area contributed by atoms with Gasteiger partial charge >= 0.3 is 0 Å². The molecule has 1 aromatic carbocycles. The Morgan fingerprint density at radius 3 is 3.15 bits per heavy atom. The van der Waals surface area contributed by atoms with Crippen LogP contribution >= 0.6 is 11.8 Å². The molecule has 0 amide bonds. The molecule has 0 saturated heterocycles. The predicted octanol–water partition coefficient (Wildman–Crippen LogP) is 3.20. The fraction of sp³-hybridized carbons (Fsp3) is 0.533. The molecule has 1 fully saturated rings. The first kappa shape index (κ1) is 13.8. The van der Waals surface area contributed by atoms with Crippen molar-refractivity contribution in [2.24, 2.45) is 0 Å². The van der Waals surface area contributed by atoms with Crippen molar-refractivity contribution in [1.82, 2.24) is 15.3 Å². The number of thioether (sulfide) groups is 1. The number of ether oxygens (including phenoxy) is 1. The Morgan fingerprint density at radius 1 is 1.45 bits per heavy atom. The summed E-state index contributed by atoms with van der Waals surface area (Å²) in [6, 6.07) is 6.81. The normalized spacial score (nSPS) is 14.8. The molecule has 0 atom stereocenters. The molecule has 1 aromatic heterocycles. The number of hydrogen-bond donors (Lipinski definition) is 2. The minimum Gasteiger partial charge on any atom is -0.494 e. The Hall–Kier alpha value is -1.20. The summed E-state index contributed by atoms with van der Waals surface area (Å²) in [6.45, 7) is 3.80. The average Bonchev–Trinajstić information content (AvgIpc) is 3.17. The maximum Gasteiger partial charge on any atom is 0.166 e. The molecular weight excluding hydrogens is 270 g/mol. The Kier molecular flexibility index (Phi) is 4.47. The van der Waals surface area contributed by atoms with Crippen molar-refractivity contribution in [1.29, 1.82) is 0 Å². The number of aromatic amines is 1. The van der Waals surface area contributed by atoms with Gasteiger partial charge < -0.3 is 15.0 Å². The minimum absolute atomic E-state index is 0.690. The van der Waals surface area contributed by atoms with E-state index in [9.17, 15) is 0 Å². The van der Waals surface area contributed by atoms with Crippen LogP contribution in [0.1, 0.15) is 26.2 Å². The first-order chi connectivity index (χ1) is 9.85. The predicted molar refractivity (Wildman–Crippen MR) is 83.6 cm³/mol. The van der Waals surface area contributed by atoms with Crippen molar-refractivity contribution in [3.63, 3.8) is 0 Å². The van der Waals surface area contributed by atoms with Gasteiger partial charge in [0, 0.05) is 17.9 Å². The third kappa shape index (κ3) is 3.67. The fourth-order valence-corrected chi connectivity index (χ4v) is 2.95. The van der Waals surface area contributed by atoms with Crippen molar-refractivity contribution >= 4 is 22.8 Å². The van der Waals surface area contributed by atoms with E-state index in [2.05, 4.69) is 15.3 Å². The van der Waals surface area contributed by atoms with Gasteiger partial charge in [0.2, 0.25) is 0 Å². The molecule has 0 aliphatic heterocycles. The number of imidazole rings is 1. The third-order valence-corrected chi connectivity index (χ3v) is 4.27. The van der Waals surface area contributed by atoms with E-state index in [0.29, 0.717) is 6.61 Å². The van der Waals surface area contributed by atoms with Crippen LogP contribution in [0.5, 0.6) is 5.75 Å². The lowest BCUT2D eigenvalue weighted by atomic mass is 10.3. The summed E-state index contributed by atoms with van der Waals surface area (Å²) in [6.07, 6.45) is 3.90. The second-order valence-corrected chi connectivity index (χ2v) is 6.17. The van der Waals surface area contributed by atoms with Gasteiger partial charge in [0.15, 0.2) is 5.16 Å². The van der Waals surface area contributed by atoms with Crippen molar-refractivity contribution < 1.29 is 4.74 Å². The topological polar surface area (TPSA) is 49.9 Å². The van der Waals surface area contributed by atoms with Gasteiger partial charge in [-0.05, 0) is 44.9 Å². The van der Waals surface area contributed by atoms with Crippen LogP contribution in [-0.2, 0) is 0 Å². The van der Waals surface area contributed by atoms with Gasteiger partial charge in [-0.3, -0.25) is 0 Å². The molecule has 2 aromatic rings. The van der Waals surface area contributed by atoms with Crippen LogP contribution in [0.25, 0.3) is 11.0 Å². The van der Waals surface area contributed by atoms with Crippen LogP contribution in [0.4, 0.5) is 0 Å². The van der Waals surface area contributed by atoms with Crippen molar-refractivity contribution in [3.05, 3.63) is 18.2 Å². The van der Waals surface area contributed by atoms with Crippen molar-refractivity contribution in [3.8, 4) is 5.75 Å². The molecule has 0 bridgehead atoms. The Balaban J connectivity index is 1.51. The van der Waals surface area contributed by atoms with E-state index >= 15 is 0 Å². The maximum absolute atomic E-state index is 5.50. The largest absolute Gasteiger partial charge is 0.494 e. The van der Waals surface area contributed by atoms with E-state index in [1.54, 1.807) is 11.8 Å². The lowest BCUT2D eigenvalue weighted by Crippen LogP contribution is -2.17. The third-order valence-electron chi connectivity index (χ3n) is 3.31. The van der Waals surface area contributed by atoms with E-state index in [4.69, 9.17) is 4.74 Å². The average molecular weight is 291 g/mol. The number of aromatic nitrogens is 2. The summed E-state index contributed by atoms with van der Waals surface area (Å²) in [4.78, 5) is 7.95. The van der Waals surface area contributed by atoms with Crippen LogP contribution in [-0.4, -0.2) is 34.9 Å². The fourth-order valence-electron chi connectivity index (χ4n) is 2.12. The van der Waals surface area contributed by atoms with Crippen LogP contribution in [0.2, 0.25) is 0 Å². The molecule has 0 unspecified atom stereocenters. The monoisotopic (exact) mass is 291 g/mol. The number of rotatable bonds is 8. The minimum atomic E-state index is 0.690. The highest BCUT2D eigenvalue weighted by Crippen LogP contribution is 2.24. The van der Waals surface area contributed by atoms with E-state index in [1.807, 2.05) is 25.1 Å². The Morgan fingerprint density at radius 2 is 2.35 bits per heavy atom. The standard InChI is InChI=1S/C15H21N3OS/c1-2-19-12-6-7-13-14(10-12)18-15(17-13)20-9-3-8-16-11-4-5-11/h6-7,10-11,16H,2-5,8-9H2,1H3,(H,17,18). The van der Waals surface area contributed by atoms with Gasteiger partial charge in [0.05, 0.1) is 17.6 Å². The van der Waals surface area contributed by atoms with Crippen molar-refractivity contribution in [2.45, 2.75) is 37.4 Å². The zero-order valence-electron chi connectivity index (χ0n) is 11.8. The molecule has 3 rings (SSSR count). The molecule has 1 aliphatic rings. The van der Waals surface area contributed by atoms with Gasteiger partial charge in [-0.2, -0.15) is 0 Å². The highest BCUT2D eigenvalue weighted by molar-refractivity contribution is 7.99. The summed E-state index contributed by atoms with van der Waals surface area (Å²) >= 11 is 1.79. The SMILES string of the molecule is CCOc1ccc2nc(SCCCNC3CC3)[nH]c2c1. The van der Waals surface area contributed by atoms with Crippen LogP contribution in [0, 0.1) is 0 Å². The van der Waals surface area contributed by atoms with Gasteiger partial charge in [0.25, 0.3) is 0 Å². The highest BCUT2D eigenvalue weighted by atomic mass is 32.2. The highest BCUT2D eigenvalue weighted by Gasteiger charge is 2.19. The molecule has 0 spiro atoms. The summed E-state index contributed by atoms with van der Waals surface area (Å²) in [5.74, 6) is 1.99. The molecule has 1 aliphatic carbocycles. The second kappa shape index (κ2) is 6.50. The van der Waals surface area contributed by atoms with Crippen LogP contribution in [0.3, 0.4) is 0 Å². The van der Waals surface area contributed by atoms with Crippen LogP contribution < -0.4 is 10.1 Å². The molecule has 1 saturated carbocycles. The quantitative estimate of drug-likeness (QED) is 0.579. The number of nitrogens with one attached hydrogen (secondary N) is 2. The van der Waals surface area contributed by atoms with E-state index in [1.165, 1.54) is 19.3 Å². The number of nitrogens with zero attached hydrogens (tertiary/aromatic N) is 1. The van der Waals surface area contributed by atoms with E-state index in [-0.39, 0.29) is 0 Å². The van der Waals surface area contributed by atoms with Gasteiger partial charge in [0.1, 0.15) is 5.75 Å². The first-order valence-electron chi connectivity index (χ1n) is 7.34. The molecule has 0 radical (unpaired) electrons. The van der Waals surface area contributed by atoms with Crippen LogP contribution in [0.15, 0.2) is 23.4 Å². The second-order valence-electron chi connectivity index (χ2n) is 5.08. The van der Waals surface area contributed by atoms with E-state index in [0.717, 1.165) is 40.3 Å². The van der Waals surface area contributed by atoms with E-state index < -0.39 is 0 Å². The summed E-state index contributed by atoms with van der Waals surface area (Å²) in [5, 5.41) is 4.53. The number of H-pyrrole nitrogens is 1. The molecule has 4 nitrogen and oxygen atoms in total. The van der Waals surface area contributed by atoms with Gasteiger partial charge in [-0.1, -0.05) is 11.8 Å². The number of hydrogen-bond acceptors (Lipinski definition) is 4. The molecule has 20 heavy (non-hydrogen) atoms.